The van der Waals surface area contributed by atoms with Gasteiger partial charge in [0.15, 0.2) is 0 Å². The van der Waals surface area contributed by atoms with Crippen LogP contribution in [0.5, 0.6) is 0 Å². The standard InChI is InChI=1S/C16H17N5O3S/c1-21(2)25(23,24)11-3-9-5-15(19-8-13(9)14(18)6-11)20-16(22)12-4-10(12)7-17/h3,5-6,8,10,12H,4,18H2,1-2H3,(H,19,20,22)/t10-,12+/m1/s1. The molecule has 1 amide bonds. The van der Waals surface area contributed by atoms with E-state index in [-0.39, 0.29) is 28.3 Å². The molecule has 130 valence electrons. The lowest BCUT2D eigenvalue weighted by Crippen LogP contribution is -2.22. The summed E-state index contributed by atoms with van der Waals surface area (Å²) in [5, 5.41) is 12.6. The molecule has 0 radical (unpaired) electrons. The molecule has 0 aliphatic heterocycles. The van der Waals surface area contributed by atoms with E-state index in [4.69, 9.17) is 11.0 Å². The van der Waals surface area contributed by atoms with Crippen LogP contribution < -0.4 is 11.1 Å². The van der Waals surface area contributed by atoms with Crippen molar-refractivity contribution < 1.29 is 13.2 Å². The Bertz CT molecular complexity index is 1010. The molecule has 1 saturated carbocycles. The smallest absolute Gasteiger partial charge is 0.242 e. The molecule has 0 spiro atoms. The van der Waals surface area contributed by atoms with E-state index in [0.717, 1.165) is 4.31 Å². The summed E-state index contributed by atoms with van der Waals surface area (Å²) in [5.74, 6) is -0.524. The van der Waals surface area contributed by atoms with Crippen LogP contribution in [0.2, 0.25) is 0 Å². The lowest BCUT2D eigenvalue weighted by Gasteiger charge is -2.13. The third-order valence-electron chi connectivity index (χ3n) is 4.17. The van der Waals surface area contributed by atoms with Gasteiger partial charge in [-0.1, -0.05) is 0 Å². The first-order chi connectivity index (χ1) is 11.7. The summed E-state index contributed by atoms with van der Waals surface area (Å²) in [6, 6.07) is 6.51. The number of fused-ring (bicyclic) bond motifs is 1. The number of hydrogen-bond donors (Lipinski definition) is 2. The number of rotatable bonds is 4. The van der Waals surface area contributed by atoms with E-state index in [2.05, 4.69) is 16.4 Å². The van der Waals surface area contributed by atoms with Crippen LogP contribution in [-0.4, -0.2) is 37.7 Å². The first kappa shape index (κ1) is 17.1. The molecule has 2 aromatic rings. The molecule has 8 nitrogen and oxygen atoms in total. The van der Waals surface area contributed by atoms with Gasteiger partial charge in [0.25, 0.3) is 0 Å². The van der Waals surface area contributed by atoms with Crippen molar-refractivity contribution in [2.24, 2.45) is 11.8 Å². The second-order valence-corrected chi connectivity index (χ2v) is 8.31. The van der Waals surface area contributed by atoms with Gasteiger partial charge < -0.3 is 11.1 Å². The second-order valence-electron chi connectivity index (χ2n) is 6.16. The molecule has 1 heterocycles. The lowest BCUT2D eigenvalue weighted by atomic mass is 10.1. The molecule has 1 fully saturated rings. The van der Waals surface area contributed by atoms with E-state index in [1.54, 1.807) is 6.07 Å². The number of nitrogens with two attached hydrogens (primary N) is 1. The molecule has 2 atom stereocenters. The summed E-state index contributed by atoms with van der Waals surface area (Å²) >= 11 is 0. The van der Waals surface area contributed by atoms with Crippen LogP contribution in [0.25, 0.3) is 10.8 Å². The van der Waals surface area contributed by atoms with Gasteiger partial charge in [-0.15, -0.1) is 0 Å². The zero-order valence-electron chi connectivity index (χ0n) is 13.7. The summed E-state index contributed by atoms with van der Waals surface area (Å²) in [6.45, 7) is 0. The van der Waals surface area contributed by atoms with Crippen molar-refractivity contribution in [1.82, 2.24) is 9.29 Å². The average molecular weight is 359 g/mol. The summed E-state index contributed by atoms with van der Waals surface area (Å²) in [4.78, 5) is 16.2. The first-order valence-electron chi connectivity index (χ1n) is 7.56. The maximum atomic E-state index is 12.3. The maximum absolute atomic E-state index is 12.3. The van der Waals surface area contributed by atoms with Gasteiger partial charge in [0.2, 0.25) is 15.9 Å². The number of nitrogens with zero attached hydrogens (tertiary/aromatic N) is 3. The molecule has 1 aromatic carbocycles. The number of sulfonamides is 1. The highest BCUT2D eigenvalue weighted by molar-refractivity contribution is 7.89. The zero-order chi connectivity index (χ0) is 18.4. The number of carbonyl (C=O) groups is 1. The minimum Gasteiger partial charge on any atom is -0.398 e. The van der Waals surface area contributed by atoms with Crippen molar-refractivity contribution in [3.05, 3.63) is 24.4 Å². The van der Waals surface area contributed by atoms with Crippen LogP contribution in [0.15, 0.2) is 29.3 Å². The van der Waals surface area contributed by atoms with Crippen molar-refractivity contribution in [3.63, 3.8) is 0 Å². The predicted molar refractivity (Wildman–Crippen MR) is 92.9 cm³/mol. The Hall–Kier alpha value is -2.70. The summed E-state index contributed by atoms with van der Waals surface area (Å²) in [6.07, 6.45) is 2.04. The Morgan fingerprint density at radius 3 is 2.72 bits per heavy atom. The fraction of sp³-hybridized carbons (Fsp3) is 0.312. The van der Waals surface area contributed by atoms with Gasteiger partial charge in [0.05, 0.1) is 22.8 Å². The average Bonchev–Trinajstić information content (AvgIpc) is 3.34. The van der Waals surface area contributed by atoms with E-state index in [1.807, 2.05) is 0 Å². The van der Waals surface area contributed by atoms with Gasteiger partial charge >= 0.3 is 0 Å². The van der Waals surface area contributed by atoms with E-state index >= 15 is 0 Å². The highest BCUT2D eigenvalue weighted by Gasteiger charge is 2.43. The third-order valence-corrected chi connectivity index (χ3v) is 5.96. The zero-order valence-corrected chi connectivity index (χ0v) is 14.5. The number of pyridine rings is 1. The minimum atomic E-state index is -3.63. The number of nitrogen functional groups attached to an aromatic ring is 1. The maximum Gasteiger partial charge on any atom is 0.242 e. The topological polar surface area (TPSA) is 129 Å². The number of nitriles is 1. The summed E-state index contributed by atoms with van der Waals surface area (Å²) in [7, 11) is -0.752. The molecule has 1 aliphatic rings. The highest BCUT2D eigenvalue weighted by Crippen LogP contribution is 2.38. The van der Waals surface area contributed by atoms with Crippen molar-refractivity contribution in [3.8, 4) is 6.07 Å². The van der Waals surface area contributed by atoms with E-state index in [1.165, 1.54) is 32.4 Å². The molecular formula is C16H17N5O3S. The Labute approximate surface area is 145 Å². The molecule has 0 unspecified atom stereocenters. The molecule has 3 rings (SSSR count). The molecule has 1 aliphatic carbocycles. The number of anilines is 2. The normalized spacial score (nSPS) is 19.6. The summed E-state index contributed by atoms with van der Waals surface area (Å²) in [5.41, 5.74) is 6.24. The number of amides is 1. The van der Waals surface area contributed by atoms with Gasteiger partial charge in [-0.3, -0.25) is 4.79 Å². The minimum absolute atomic E-state index is 0.0673. The molecule has 1 aromatic heterocycles. The largest absolute Gasteiger partial charge is 0.398 e. The summed E-state index contributed by atoms with van der Waals surface area (Å²) < 4.78 is 25.7. The molecular weight excluding hydrogens is 342 g/mol. The first-order valence-corrected chi connectivity index (χ1v) is 9.00. The SMILES string of the molecule is CN(C)S(=O)(=O)c1cc(N)c2cnc(NC(=O)[C@H]3C[C@@H]3C#N)cc2c1. The molecule has 3 N–H and O–H groups in total. The van der Waals surface area contributed by atoms with E-state index < -0.39 is 10.0 Å². The van der Waals surface area contributed by atoms with Crippen LogP contribution in [0.3, 0.4) is 0 Å². The van der Waals surface area contributed by atoms with Crippen molar-refractivity contribution in [2.45, 2.75) is 11.3 Å². The van der Waals surface area contributed by atoms with Crippen molar-refractivity contribution in [1.29, 1.82) is 5.26 Å². The lowest BCUT2D eigenvalue weighted by molar-refractivity contribution is -0.117. The number of hydrogen-bond acceptors (Lipinski definition) is 6. The number of aromatic nitrogens is 1. The second kappa shape index (κ2) is 5.98. The number of benzene rings is 1. The van der Waals surface area contributed by atoms with Crippen LogP contribution in [0.4, 0.5) is 11.5 Å². The van der Waals surface area contributed by atoms with Gasteiger partial charge in [0, 0.05) is 31.4 Å². The van der Waals surface area contributed by atoms with Crippen LogP contribution in [0.1, 0.15) is 6.42 Å². The highest BCUT2D eigenvalue weighted by atomic mass is 32.2. The van der Waals surface area contributed by atoms with Gasteiger partial charge in [-0.05, 0) is 30.0 Å². The van der Waals surface area contributed by atoms with Gasteiger partial charge in [-0.25, -0.2) is 17.7 Å². The third kappa shape index (κ3) is 3.14. The molecule has 25 heavy (non-hydrogen) atoms. The van der Waals surface area contributed by atoms with E-state index in [0.29, 0.717) is 23.0 Å². The van der Waals surface area contributed by atoms with Gasteiger partial charge in [0.1, 0.15) is 5.82 Å². The molecule has 0 bridgehead atoms. The van der Waals surface area contributed by atoms with E-state index in [9.17, 15) is 13.2 Å². The van der Waals surface area contributed by atoms with Crippen LogP contribution >= 0.6 is 0 Å². The van der Waals surface area contributed by atoms with Crippen molar-refractivity contribution >= 4 is 38.2 Å². The number of carbonyl (C=O) groups excluding carboxylic acids is 1. The monoisotopic (exact) mass is 359 g/mol. The Kier molecular flexibility index (Phi) is 4.10. The predicted octanol–water partition coefficient (Wildman–Crippen LogP) is 1.17. The molecule has 0 saturated heterocycles. The Balaban J connectivity index is 1.96. The fourth-order valence-electron chi connectivity index (χ4n) is 2.53. The number of nitrogens with one attached hydrogen (secondary N) is 1. The van der Waals surface area contributed by atoms with Crippen LogP contribution in [-0.2, 0) is 14.8 Å². The van der Waals surface area contributed by atoms with Crippen LogP contribution in [0, 0.1) is 23.2 Å². The Morgan fingerprint density at radius 1 is 1.40 bits per heavy atom. The van der Waals surface area contributed by atoms with Gasteiger partial charge in [-0.2, -0.15) is 5.26 Å². The fourth-order valence-corrected chi connectivity index (χ4v) is 3.51. The van der Waals surface area contributed by atoms with Crippen molar-refractivity contribution in [2.75, 3.05) is 25.1 Å². The quantitative estimate of drug-likeness (QED) is 0.788. The molecule has 9 heteroatoms. The Morgan fingerprint density at radius 2 is 2.12 bits per heavy atom.